The fourth-order valence-corrected chi connectivity index (χ4v) is 4.71. The largest absolute Gasteiger partial charge is 0.508 e. The number of fused-ring (bicyclic) bond motifs is 1. The number of phenolic OH excluding ortho intramolecular Hbond substituents is 5. The quantitative estimate of drug-likeness (QED) is 0.224. The molecular formula is C30H24O8. The van der Waals surface area contributed by atoms with Crippen LogP contribution in [0.1, 0.15) is 55.8 Å². The van der Waals surface area contributed by atoms with Crippen molar-refractivity contribution in [3.63, 3.8) is 0 Å². The molecule has 1 aliphatic rings. The van der Waals surface area contributed by atoms with Crippen molar-refractivity contribution in [3.8, 4) is 34.5 Å². The van der Waals surface area contributed by atoms with Crippen LogP contribution in [0.3, 0.4) is 0 Å². The molecule has 0 aromatic heterocycles. The van der Waals surface area contributed by atoms with Gasteiger partial charge in [-0.3, -0.25) is 9.59 Å². The molecule has 2 atom stereocenters. The maximum atomic E-state index is 13.8. The summed E-state index contributed by atoms with van der Waals surface area (Å²) in [6, 6.07) is 19.0. The number of ether oxygens (including phenoxy) is 1. The molecule has 0 unspecified atom stereocenters. The van der Waals surface area contributed by atoms with Gasteiger partial charge in [0.25, 0.3) is 0 Å². The molecular weight excluding hydrogens is 488 g/mol. The number of benzene rings is 4. The summed E-state index contributed by atoms with van der Waals surface area (Å²) >= 11 is 0. The number of rotatable bonds is 6. The molecule has 1 aliphatic heterocycles. The van der Waals surface area contributed by atoms with Crippen LogP contribution in [0.4, 0.5) is 0 Å². The van der Waals surface area contributed by atoms with Gasteiger partial charge in [-0.25, -0.2) is 0 Å². The first-order valence-electron chi connectivity index (χ1n) is 11.9. The Labute approximate surface area is 217 Å². The van der Waals surface area contributed by atoms with Gasteiger partial charge in [0.15, 0.2) is 11.6 Å². The lowest BCUT2D eigenvalue weighted by atomic mass is 9.79. The lowest BCUT2D eigenvalue weighted by Gasteiger charge is -2.34. The minimum atomic E-state index is -1.23. The number of phenols is 5. The van der Waals surface area contributed by atoms with Gasteiger partial charge in [0, 0.05) is 12.5 Å². The predicted octanol–water partition coefficient (Wildman–Crippen LogP) is 5.13. The van der Waals surface area contributed by atoms with Crippen LogP contribution in [-0.4, -0.2) is 37.1 Å². The van der Waals surface area contributed by atoms with Crippen molar-refractivity contribution in [3.05, 3.63) is 107 Å². The molecule has 0 saturated heterocycles. The lowest BCUT2D eigenvalue weighted by molar-refractivity contribution is 0.0772. The number of hydrogen-bond donors (Lipinski definition) is 5. The molecule has 8 nitrogen and oxygen atoms in total. The van der Waals surface area contributed by atoms with Crippen molar-refractivity contribution in [2.75, 3.05) is 0 Å². The highest BCUT2D eigenvalue weighted by Gasteiger charge is 2.43. The molecule has 0 radical (unpaired) electrons. The number of ketones is 2. The van der Waals surface area contributed by atoms with Gasteiger partial charge >= 0.3 is 0 Å². The Hall–Kier alpha value is -4.98. The van der Waals surface area contributed by atoms with E-state index in [0.717, 1.165) is 5.56 Å². The molecule has 0 fully saturated rings. The van der Waals surface area contributed by atoms with E-state index in [4.69, 9.17) is 4.74 Å². The Morgan fingerprint density at radius 3 is 2.08 bits per heavy atom. The Morgan fingerprint density at radius 2 is 1.39 bits per heavy atom. The van der Waals surface area contributed by atoms with Crippen molar-refractivity contribution in [1.82, 2.24) is 0 Å². The summed E-state index contributed by atoms with van der Waals surface area (Å²) in [5.74, 6) is -2.88. The fourth-order valence-electron chi connectivity index (χ4n) is 4.71. The molecule has 5 rings (SSSR count). The van der Waals surface area contributed by atoms with Gasteiger partial charge in [-0.2, -0.15) is 0 Å². The van der Waals surface area contributed by atoms with Gasteiger partial charge in [-0.05, 0) is 66.1 Å². The molecule has 0 amide bonds. The van der Waals surface area contributed by atoms with Gasteiger partial charge in [0.2, 0.25) is 0 Å². The van der Waals surface area contributed by atoms with Crippen molar-refractivity contribution < 1.29 is 39.9 Å². The van der Waals surface area contributed by atoms with Crippen molar-refractivity contribution in [1.29, 1.82) is 0 Å². The van der Waals surface area contributed by atoms with Crippen molar-refractivity contribution in [2.24, 2.45) is 0 Å². The Balaban J connectivity index is 1.56. The lowest BCUT2D eigenvalue weighted by Crippen LogP contribution is -2.30. The van der Waals surface area contributed by atoms with E-state index >= 15 is 0 Å². The average Bonchev–Trinajstić information content (AvgIpc) is 2.89. The molecule has 4 aromatic carbocycles. The van der Waals surface area contributed by atoms with Gasteiger partial charge in [0.1, 0.15) is 40.6 Å². The summed E-state index contributed by atoms with van der Waals surface area (Å²) in [5.41, 5.74) is 1.23. The number of Topliss-reactive ketones (excluding diaryl/α,β-unsaturated/α-hetero) is 2. The number of carbonyl (C=O) groups is 2. The minimum absolute atomic E-state index is 0.00241. The molecule has 4 aromatic rings. The zero-order valence-corrected chi connectivity index (χ0v) is 20.0. The molecule has 5 N–H and O–H groups in total. The Bertz CT molecular complexity index is 1520. The number of hydrogen-bond acceptors (Lipinski definition) is 8. The Morgan fingerprint density at radius 1 is 0.763 bits per heavy atom. The Kier molecular flexibility index (Phi) is 6.38. The molecule has 38 heavy (non-hydrogen) atoms. The van der Waals surface area contributed by atoms with Crippen LogP contribution >= 0.6 is 0 Å². The summed E-state index contributed by atoms with van der Waals surface area (Å²) in [7, 11) is 0. The summed E-state index contributed by atoms with van der Waals surface area (Å²) < 4.78 is 6.11. The van der Waals surface area contributed by atoms with Crippen LogP contribution in [0.25, 0.3) is 0 Å². The monoisotopic (exact) mass is 512 g/mol. The molecule has 0 spiro atoms. The second-order valence-corrected chi connectivity index (χ2v) is 9.14. The summed E-state index contributed by atoms with van der Waals surface area (Å²) in [6.45, 7) is 0. The topological polar surface area (TPSA) is 145 Å². The SMILES string of the molecule is O=C(CCc1ccc(O)cc1)c1ccc(O)c([C@H]2C(=O)c3ccc(O)cc3O[C@@H]2c2ccc(O)cc2)c1O. The van der Waals surface area contributed by atoms with Crippen LogP contribution in [-0.2, 0) is 6.42 Å². The second-order valence-electron chi connectivity index (χ2n) is 9.14. The third kappa shape index (κ3) is 4.59. The average molecular weight is 513 g/mol. The fraction of sp³-hybridized carbons (Fsp3) is 0.133. The number of aryl methyl sites for hydroxylation is 1. The van der Waals surface area contributed by atoms with E-state index in [2.05, 4.69) is 0 Å². The van der Waals surface area contributed by atoms with Crippen LogP contribution in [0.15, 0.2) is 78.9 Å². The van der Waals surface area contributed by atoms with E-state index in [0.29, 0.717) is 12.0 Å². The minimum Gasteiger partial charge on any atom is -0.508 e. The highest BCUT2D eigenvalue weighted by Crippen LogP contribution is 2.50. The molecule has 1 heterocycles. The van der Waals surface area contributed by atoms with Gasteiger partial charge in [0.05, 0.1) is 22.6 Å². The zero-order valence-electron chi connectivity index (χ0n) is 20.0. The van der Waals surface area contributed by atoms with Gasteiger partial charge in [-0.1, -0.05) is 24.3 Å². The smallest absolute Gasteiger partial charge is 0.178 e. The molecule has 8 heteroatoms. The summed E-state index contributed by atoms with van der Waals surface area (Å²) in [5, 5.41) is 51.2. The maximum Gasteiger partial charge on any atom is 0.178 e. The summed E-state index contributed by atoms with van der Waals surface area (Å²) in [4.78, 5) is 26.9. The normalized spacial score (nSPS) is 16.5. The molecule has 0 saturated carbocycles. The van der Waals surface area contributed by atoms with Crippen LogP contribution in [0, 0.1) is 0 Å². The molecule has 192 valence electrons. The highest BCUT2D eigenvalue weighted by atomic mass is 16.5. The predicted molar refractivity (Wildman–Crippen MR) is 137 cm³/mol. The second kappa shape index (κ2) is 9.82. The summed E-state index contributed by atoms with van der Waals surface area (Å²) in [6.07, 6.45) is -0.648. The van der Waals surface area contributed by atoms with Crippen LogP contribution in [0.2, 0.25) is 0 Å². The molecule has 0 bridgehead atoms. The van der Waals surface area contributed by atoms with E-state index in [9.17, 15) is 35.1 Å². The van der Waals surface area contributed by atoms with E-state index < -0.39 is 29.3 Å². The van der Waals surface area contributed by atoms with Crippen LogP contribution in [0.5, 0.6) is 34.5 Å². The number of aromatic hydroxyl groups is 5. The van der Waals surface area contributed by atoms with E-state index in [1.807, 2.05) is 0 Å². The first kappa shape index (κ1) is 24.7. The van der Waals surface area contributed by atoms with Gasteiger partial charge < -0.3 is 30.3 Å². The zero-order chi connectivity index (χ0) is 27.0. The third-order valence-corrected chi connectivity index (χ3v) is 6.67. The van der Waals surface area contributed by atoms with E-state index in [1.165, 1.54) is 54.6 Å². The van der Waals surface area contributed by atoms with Crippen molar-refractivity contribution in [2.45, 2.75) is 24.9 Å². The van der Waals surface area contributed by atoms with Crippen LogP contribution < -0.4 is 4.74 Å². The van der Waals surface area contributed by atoms with E-state index in [1.54, 1.807) is 24.3 Å². The first-order chi connectivity index (χ1) is 18.2. The number of carbonyl (C=O) groups excluding carboxylic acids is 2. The highest BCUT2D eigenvalue weighted by molar-refractivity contribution is 6.07. The standard InChI is InChI=1S/C30H24O8/c31-18-6-1-16(2-7-18)3-13-23(34)21-12-14-24(35)26(28(21)36)27-29(37)22-11-10-20(33)15-25(22)38-30(27)17-4-8-19(32)9-5-17/h1-2,4-12,14-15,27,30-33,35-36H,3,13H2/t27-,30+/m0/s1. The third-order valence-electron chi connectivity index (χ3n) is 6.67. The van der Waals surface area contributed by atoms with E-state index in [-0.39, 0.29) is 51.9 Å². The van der Waals surface area contributed by atoms with Gasteiger partial charge in [-0.15, -0.1) is 0 Å². The van der Waals surface area contributed by atoms with Crippen molar-refractivity contribution >= 4 is 11.6 Å². The first-order valence-corrected chi connectivity index (χ1v) is 11.9. The maximum absolute atomic E-state index is 13.8. The molecule has 0 aliphatic carbocycles.